The highest BCUT2D eigenvalue weighted by Gasteiger charge is 2.09. The van der Waals surface area contributed by atoms with E-state index in [0.29, 0.717) is 29.2 Å². The average Bonchev–Trinajstić information content (AvgIpc) is 2.52. The first-order chi connectivity index (χ1) is 10.2. The molecule has 6 heteroatoms. The highest BCUT2D eigenvalue weighted by molar-refractivity contribution is 6.33. The lowest BCUT2D eigenvalue weighted by Crippen LogP contribution is -2.34. The molecular formula is C15H14ClN3O2. The van der Waals surface area contributed by atoms with Crippen molar-refractivity contribution in [2.24, 2.45) is 0 Å². The van der Waals surface area contributed by atoms with E-state index in [9.17, 15) is 9.59 Å². The van der Waals surface area contributed by atoms with E-state index in [4.69, 9.17) is 11.6 Å². The van der Waals surface area contributed by atoms with Crippen molar-refractivity contribution >= 4 is 23.4 Å². The van der Waals surface area contributed by atoms with Gasteiger partial charge in [-0.2, -0.15) is 0 Å². The quantitative estimate of drug-likeness (QED) is 0.829. The number of hydrogen-bond donors (Lipinski definition) is 2. The standard InChI is InChI=1S/C15H14ClN3O2/c16-13-4-2-1-3-12(13)15(21)19-10-9-18-14(20)11-5-7-17-8-6-11/h1-8H,9-10H2,(H,18,20)(H,19,21). The summed E-state index contributed by atoms with van der Waals surface area (Å²) in [6, 6.07) is 10.0. The van der Waals surface area contributed by atoms with Crippen LogP contribution in [-0.4, -0.2) is 29.9 Å². The summed E-state index contributed by atoms with van der Waals surface area (Å²) in [5, 5.41) is 5.80. The summed E-state index contributed by atoms with van der Waals surface area (Å²) in [4.78, 5) is 27.4. The molecule has 0 aliphatic heterocycles. The second kappa shape index (κ2) is 7.40. The van der Waals surface area contributed by atoms with Crippen LogP contribution in [0.1, 0.15) is 20.7 Å². The first kappa shape index (κ1) is 15.0. The van der Waals surface area contributed by atoms with Gasteiger partial charge in [0.15, 0.2) is 0 Å². The van der Waals surface area contributed by atoms with Crippen LogP contribution >= 0.6 is 11.6 Å². The summed E-state index contributed by atoms with van der Waals surface area (Å²) in [5.74, 6) is -0.469. The van der Waals surface area contributed by atoms with Crippen LogP contribution in [0, 0.1) is 0 Å². The first-order valence-electron chi connectivity index (χ1n) is 6.39. The van der Waals surface area contributed by atoms with Gasteiger partial charge in [0.2, 0.25) is 0 Å². The van der Waals surface area contributed by atoms with Gasteiger partial charge in [-0.25, -0.2) is 0 Å². The van der Waals surface area contributed by atoms with Gasteiger partial charge in [-0.3, -0.25) is 14.6 Å². The molecule has 5 nitrogen and oxygen atoms in total. The molecule has 0 aliphatic rings. The van der Waals surface area contributed by atoms with Crippen molar-refractivity contribution in [3.05, 3.63) is 64.9 Å². The van der Waals surface area contributed by atoms with Crippen molar-refractivity contribution in [3.63, 3.8) is 0 Å². The van der Waals surface area contributed by atoms with E-state index in [2.05, 4.69) is 15.6 Å². The molecule has 0 atom stereocenters. The maximum absolute atomic E-state index is 11.9. The summed E-state index contributed by atoms with van der Waals surface area (Å²) >= 11 is 5.93. The molecule has 0 unspecified atom stereocenters. The van der Waals surface area contributed by atoms with Gasteiger partial charge in [0, 0.05) is 31.0 Å². The summed E-state index contributed by atoms with van der Waals surface area (Å²) in [5.41, 5.74) is 0.946. The zero-order valence-electron chi connectivity index (χ0n) is 11.2. The summed E-state index contributed by atoms with van der Waals surface area (Å²) in [6.45, 7) is 0.651. The van der Waals surface area contributed by atoms with Crippen molar-refractivity contribution in [2.75, 3.05) is 13.1 Å². The number of rotatable bonds is 5. The smallest absolute Gasteiger partial charge is 0.252 e. The van der Waals surface area contributed by atoms with Gasteiger partial charge in [0.25, 0.3) is 11.8 Å². The molecule has 0 spiro atoms. The number of carbonyl (C=O) groups is 2. The molecule has 0 aliphatic carbocycles. The topological polar surface area (TPSA) is 71.1 Å². The molecular weight excluding hydrogens is 290 g/mol. The molecule has 0 fully saturated rings. The molecule has 0 saturated carbocycles. The monoisotopic (exact) mass is 303 g/mol. The average molecular weight is 304 g/mol. The maximum atomic E-state index is 11.9. The fourth-order valence-corrected chi connectivity index (χ4v) is 1.92. The third-order valence-corrected chi connectivity index (χ3v) is 3.09. The second-order valence-electron chi connectivity index (χ2n) is 4.23. The molecule has 0 saturated heterocycles. The number of amides is 2. The number of nitrogens with one attached hydrogen (secondary N) is 2. The Morgan fingerprint density at radius 2 is 1.57 bits per heavy atom. The number of benzene rings is 1. The highest BCUT2D eigenvalue weighted by atomic mass is 35.5. The van der Waals surface area contributed by atoms with Gasteiger partial charge >= 0.3 is 0 Å². The minimum atomic E-state index is -0.265. The minimum Gasteiger partial charge on any atom is -0.350 e. The molecule has 1 aromatic heterocycles. The Morgan fingerprint density at radius 3 is 2.24 bits per heavy atom. The molecule has 2 amide bonds. The predicted octanol–water partition coefficient (Wildman–Crippen LogP) is 1.89. The molecule has 2 aromatic rings. The van der Waals surface area contributed by atoms with Gasteiger partial charge in [0.05, 0.1) is 10.6 Å². The van der Waals surface area contributed by atoms with Crippen molar-refractivity contribution in [1.82, 2.24) is 15.6 Å². The molecule has 2 N–H and O–H groups in total. The Bertz CT molecular complexity index is 632. The van der Waals surface area contributed by atoms with E-state index in [1.54, 1.807) is 48.8 Å². The van der Waals surface area contributed by atoms with Crippen molar-refractivity contribution < 1.29 is 9.59 Å². The van der Waals surface area contributed by atoms with Crippen LogP contribution in [0.15, 0.2) is 48.8 Å². The van der Waals surface area contributed by atoms with E-state index in [1.165, 1.54) is 0 Å². The number of aromatic nitrogens is 1. The summed E-state index contributed by atoms with van der Waals surface area (Å²) in [6.07, 6.45) is 3.10. The molecule has 2 rings (SSSR count). The van der Waals surface area contributed by atoms with Gasteiger partial charge in [-0.05, 0) is 24.3 Å². The van der Waals surface area contributed by atoms with Crippen LogP contribution in [0.2, 0.25) is 5.02 Å². The first-order valence-corrected chi connectivity index (χ1v) is 6.77. The lowest BCUT2D eigenvalue weighted by molar-refractivity contribution is 0.0927. The van der Waals surface area contributed by atoms with Gasteiger partial charge < -0.3 is 10.6 Å². The maximum Gasteiger partial charge on any atom is 0.252 e. The van der Waals surface area contributed by atoms with Crippen LogP contribution in [0.4, 0.5) is 0 Å². The van der Waals surface area contributed by atoms with Crippen LogP contribution in [0.5, 0.6) is 0 Å². The molecule has 21 heavy (non-hydrogen) atoms. The number of nitrogens with zero attached hydrogens (tertiary/aromatic N) is 1. The van der Waals surface area contributed by atoms with E-state index in [1.807, 2.05) is 0 Å². The summed E-state index contributed by atoms with van der Waals surface area (Å²) < 4.78 is 0. The number of hydrogen-bond acceptors (Lipinski definition) is 3. The summed E-state index contributed by atoms with van der Waals surface area (Å²) in [7, 11) is 0. The van der Waals surface area contributed by atoms with E-state index in [-0.39, 0.29) is 11.8 Å². The molecule has 1 heterocycles. The zero-order chi connectivity index (χ0) is 15.1. The van der Waals surface area contributed by atoms with Gasteiger partial charge in [-0.1, -0.05) is 23.7 Å². The lowest BCUT2D eigenvalue weighted by atomic mass is 10.2. The molecule has 1 aromatic carbocycles. The Hall–Kier alpha value is -2.40. The lowest BCUT2D eigenvalue weighted by Gasteiger charge is -2.08. The van der Waals surface area contributed by atoms with E-state index >= 15 is 0 Å². The number of pyridine rings is 1. The third kappa shape index (κ3) is 4.29. The highest BCUT2D eigenvalue weighted by Crippen LogP contribution is 2.14. The Kier molecular flexibility index (Phi) is 5.29. The Morgan fingerprint density at radius 1 is 0.952 bits per heavy atom. The second-order valence-corrected chi connectivity index (χ2v) is 4.63. The molecule has 0 radical (unpaired) electrons. The van der Waals surface area contributed by atoms with E-state index < -0.39 is 0 Å². The molecule has 108 valence electrons. The fourth-order valence-electron chi connectivity index (χ4n) is 1.70. The predicted molar refractivity (Wildman–Crippen MR) is 80.4 cm³/mol. The van der Waals surface area contributed by atoms with Crippen LogP contribution in [0.3, 0.4) is 0 Å². The minimum absolute atomic E-state index is 0.204. The van der Waals surface area contributed by atoms with Crippen LogP contribution in [-0.2, 0) is 0 Å². The largest absolute Gasteiger partial charge is 0.350 e. The number of carbonyl (C=O) groups excluding carboxylic acids is 2. The third-order valence-electron chi connectivity index (χ3n) is 2.76. The Labute approximate surface area is 127 Å². The fraction of sp³-hybridized carbons (Fsp3) is 0.133. The SMILES string of the molecule is O=C(NCCNC(=O)c1ccccc1Cl)c1ccncc1. The van der Waals surface area contributed by atoms with E-state index in [0.717, 1.165) is 0 Å². The molecule has 0 bridgehead atoms. The van der Waals surface area contributed by atoms with Crippen molar-refractivity contribution in [2.45, 2.75) is 0 Å². The van der Waals surface area contributed by atoms with Crippen LogP contribution in [0.25, 0.3) is 0 Å². The number of halogens is 1. The van der Waals surface area contributed by atoms with Gasteiger partial charge in [0.1, 0.15) is 0 Å². The van der Waals surface area contributed by atoms with Gasteiger partial charge in [-0.15, -0.1) is 0 Å². The normalized spacial score (nSPS) is 9.95. The van der Waals surface area contributed by atoms with Crippen molar-refractivity contribution in [1.29, 1.82) is 0 Å². The van der Waals surface area contributed by atoms with Crippen molar-refractivity contribution in [3.8, 4) is 0 Å². The zero-order valence-corrected chi connectivity index (χ0v) is 11.9. The Balaban J connectivity index is 1.76. The van der Waals surface area contributed by atoms with Crippen LogP contribution < -0.4 is 10.6 Å².